The molecule has 33 heavy (non-hydrogen) atoms. The van der Waals surface area contributed by atoms with Crippen molar-refractivity contribution in [3.8, 4) is 11.4 Å². The Hall–Kier alpha value is -3.04. The number of carbonyl (C=O) groups excluding carboxylic acids is 1. The molecule has 4 rings (SSSR count). The molecule has 1 aliphatic rings. The van der Waals surface area contributed by atoms with Gasteiger partial charge in [-0.05, 0) is 49.6 Å². The van der Waals surface area contributed by atoms with Crippen molar-refractivity contribution in [2.75, 3.05) is 13.1 Å². The molecule has 1 amide bonds. The molecule has 9 heteroatoms. The van der Waals surface area contributed by atoms with Crippen molar-refractivity contribution in [2.24, 2.45) is 5.92 Å². The smallest absolute Gasteiger partial charge is 0.243 e. The molecule has 8 nitrogen and oxygen atoms in total. The van der Waals surface area contributed by atoms with Crippen LogP contribution in [-0.2, 0) is 27.8 Å². The van der Waals surface area contributed by atoms with Crippen LogP contribution in [0.25, 0.3) is 11.4 Å². The van der Waals surface area contributed by atoms with Crippen LogP contribution in [0, 0.1) is 12.8 Å². The summed E-state index contributed by atoms with van der Waals surface area (Å²) in [5.74, 6) is 0.763. The van der Waals surface area contributed by atoms with E-state index in [-0.39, 0.29) is 16.7 Å². The molecule has 1 saturated heterocycles. The summed E-state index contributed by atoms with van der Waals surface area (Å²) in [6.07, 6.45) is 1.64. The van der Waals surface area contributed by atoms with Gasteiger partial charge in [0.2, 0.25) is 27.6 Å². The molecule has 0 atom stereocenters. The van der Waals surface area contributed by atoms with Crippen LogP contribution < -0.4 is 5.32 Å². The van der Waals surface area contributed by atoms with Gasteiger partial charge in [0.1, 0.15) is 0 Å². The van der Waals surface area contributed by atoms with E-state index < -0.39 is 10.0 Å². The molecule has 0 radical (unpaired) electrons. The predicted molar refractivity (Wildman–Crippen MR) is 124 cm³/mol. The van der Waals surface area contributed by atoms with Gasteiger partial charge in [-0.3, -0.25) is 4.79 Å². The van der Waals surface area contributed by atoms with E-state index in [9.17, 15) is 13.2 Å². The molecule has 1 N–H and O–H groups in total. The van der Waals surface area contributed by atoms with Crippen LogP contribution in [0.15, 0.2) is 57.9 Å². The maximum absolute atomic E-state index is 13.1. The SMILES string of the molecule is CCc1nc(-c2ccc(S(=O)(=O)N3CCC(C(=O)NCc4ccc(C)cc4)CC3)cc2)no1. The van der Waals surface area contributed by atoms with Gasteiger partial charge >= 0.3 is 0 Å². The molecule has 0 unspecified atom stereocenters. The number of rotatable bonds is 7. The minimum Gasteiger partial charge on any atom is -0.352 e. The number of nitrogens with zero attached hydrogens (tertiary/aromatic N) is 3. The largest absolute Gasteiger partial charge is 0.352 e. The van der Waals surface area contributed by atoms with Crippen molar-refractivity contribution in [1.82, 2.24) is 19.8 Å². The summed E-state index contributed by atoms with van der Waals surface area (Å²) >= 11 is 0. The Labute approximate surface area is 194 Å². The van der Waals surface area contributed by atoms with Crippen LogP contribution in [-0.4, -0.2) is 41.9 Å². The maximum Gasteiger partial charge on any atom is 0.243 e. The number of piperidine rings is 1. The highest BCUT2D eigenvalue weighted by molar-refractivity contribution is 7.89. The highest BCUT2D eigenvalue weighted by Crippen LogP contribution is 2.26. The lowest BCUT2D eigenvalue weighted by Crippen LogP contribution is -2.42. The molecule has 0 bridgehead atoms. The minimum atomic E-state index is -3.63. The summed E-state index contributed by atoms with van der Waals surface area (Å²) in [4.78, 5) is 17.0. The fraction of sp³-hybridized carbons (Fsp3) is 0.375. The Morgan fingerprint density at radius 1 is 1.09 bits per heavy atom. The summed E-state index contributed by atoms with van der Waals surface area (Å²) in [5.41, 5.74) is 2.92. The molecule has 1 aliphatic heterocycles. The van der Waals surface area contributed by atoms with Gasteiger partial charge < -0.3 is 9.84 Å². The molecule has 0 spiro atoms. The predicted octanol–water partition coefficient (Wildman–Crippen LogP) is 3.32. The van der Waals surface area contributed by atoms with E-state index in [4.69, 9.17) is 4.52 Å². The first-order valence-electron chi connectivity index (χ1n) is 11.1. The molecule has 0 saturated carbocycles. The highest BCUT2D eigenvalue weighted by Gasteiger charge is 2.32. The zero-order chi connectivity index (χ0) is 23.4. The van der Waals surface area contributed by atoms with E-state index in [2.05, 4.69) is 15.5 Å². The zero-order valence-electron chi connectivity index (χ0n) is 18.8. The lowest BCUT2D eigenvalue weighted by Gasteiger charge is -2.30. The standard InChI is InChI=1S/C24H28N4O4S/c1-3-22-26-23(27-32-22)19-8-10-21(11-9-19)33(30,31)28-14-12-20(13-15-28)24(29)25-16-18-6-4-17(2)5-7-18/h4-11,20H,3,12-16H2,1-2H3,(H,25,29). The zero-order valence-corrected chi connectivity index (χ0v) is 19.6. The summed E-state index contributed by atoms with van der Waals surface area (Å²) in [6.45, 7) is 5.05. The van der Waals surface area contributed by atoms with Gasteiger partial charge in [-0.15, -0.1) is 0 Å². The minimum absolute atomic E-state index is 0.0245. The third-order valence-electron chi connectivity index (χ3n) is 5.93. The highest BCUT2D eigenvalue weighted by atomic mass is 32.2. The van der Waals surface area contributed by atoms with Gasteiger partial charge in [-0.2, -0.15) is 9.29 Å². The molecule has 2 heterocycles. The van der Waals surface area contributed by atoms with Crippen LogP contribution in [0.4, 0.5) is 0 Å². The van der Waals surface area contributed by atoms with E-state index in [1.165, 1.54) is 9.87 Å². The van der Waals surface area contributed by atoms with Gasteiger partial charge in [0.15, 0.2) is 0 Å². The van der Waals surface area contributed by atoms with Gasteiger partial charge in [0, 0.05) is 37.5 Å². The quantitative estimate of drug-likeness (QED) is 0.570. The van der Waals surface area contributed by atoms with Crippen molar-refractivity contribution in [2.45, 2.75) is 44.6 Å². The lowest BCUT2D eigenvalue weighted by atomic mass is 9.97. The van der Waals surface area contributed by atoms with Gasteiger partial charge in [0.05, 0.1) is 4.90 Å². The molecular weight excluding hydrogens is 440 g/mol. The first-order chi connectivity index (χ1) is 15.9. The molecule has 0 aliphatic carbocycles. The number of sulfonamides is 1. The van der Waals surface area contributed by atoms with E-state index in [1.807, 2.05) is 38.1 Å². The Kier molecular flexibility index (Phi) is 6.90. The van der Waals surface area contributed by atoms with E-state index in [0.29, 0.717) is 56.2 Å². The third kappa shape index (κ3) is 5.31. The Morgan fingerprint density at radius 3 is 2.36 bits per heavy atom. The van der Waals surface area contributed by atoms with Crippen molar-refractivity contribution >= 4 is 15.9 Å². The van der Waals surface area contributed by atoms with Crippen LogP contribution in [0.3, 0.4) is 0 Å². The van der Waals surface area contributed by atoms with Crippen LogP contribution in [0.5, 0.6) is 0 Å². The van der Waals surface area contributed by atoms with E-state index in [1.54, 1.807) is 24.3 Å². The van der Waals surface area contributed by atoms with Crippen LogP contribution in [0.2, 0.25) is 0 Å². The first kappa shape index (κ1) is 23.1. The molecular formula is C24H28N4O4S. The van der Waals surface area contributed by atoms with Gasteiger partial charge in [-0.25, -0.2) is 8.42 Å². The summed E-state index contributed by atoms with van der Waals surface area (Å²) < 4.78 is 32.7. The number of aryl methyl sites for hydroxylation is 2. The lowest BCUT2D eigenvalue weighted by molar-refractivity contribution is -0.126. The fourth-order valence-corrected chi connectivity index (χ4v) is 5.31. The van der Waals surface area contributed by atoms with Crippen molar-refractivity contribution < 1.29 is 17.7 Å². The Morgan fingerprint density at radius 2 is 1.76 bits per heavy atom. The number of aromatic nitrogens is 2. The van der Waals surface area contributed by atoms with Gasteiger partial charge in [0.25, 0.3) is 0 Å². The van der Waals surface area contributed by atoms with Crippen molar-refractivity contribution in [3.63, 3.8) is 0 Å². The summed E-state index contributed by atoms with van der Waals surface area (Å²) in [5, 5.41) is 6.89. The maximum atomic E-state index is 13.1. The molecule has 1 aromatic heterocycles. The molecule has 3 aromatic rings. The third-order valence-corrected chi connectivity index (χ3v) is 7.85. The van der Waals surface area contributed by atoms with Crippen molar-refractivity contribution in [1.29, 1.82) is 0 Å². The molecule has 1 fully saturated rings. The normalized spacial score (nSPS) is 15.5. The average Bonchev–Trinajstić information content (AvgIpc) is 3.33. The second kappa shape index (κ2) is 9.84. The number of amides is 1. The average molecular weight is 469 g/mol. The van der Waals surface area contributed by atoms with Crippen LogP contribution >= 0.6 is 0 Å². The second-order valence-electron chi connectivity index (χ2n) is 8.27. The fourth-order valence-electron chi connectivity index (χ4n) is 3.84. The Balaban J connectivity index is 1.33. The monoisotopic (exact) mass is 468 g/mol. The number of hydrogen-bond acceptors (Lipinski definition) is 6. The summed E-state index contributed by atoms with van der Waals surface area (Å²) in [6, 6.07) is 14.5. The topological polar surface area (TPSA) is 105 Å². The van der Waals surface area contributed by atoms with Gasteiger partial charge in [-0.1, -0.05) is 41.9 Å². The number of benzene rings is 2. The molecule has 174 valence electrons. The Bertz CT molecular complexity index is 1200. The van der Waals surface area contributed by atoms with E-state index in [0.717, 1.165) is 5.56 Å². The summed E-state index contributed by atoms with van der Waals surface area (Å²) in [7, 11) is -3.63. The van der Waals surface area contributed by atoms with E-state index >= 15 is 0 Å². The number of carbonyl (C=O) groups is 1. The van der Waals surface area contributed by atoms with Crippen LogP contribution in [0.1, 0.15) is 36.8 Å². The number of hydrogen-bond donors (Lipinski definition) is 1. The second-order valence-corrected chi connectivity index (χ2v) is 10.2. The number of nitrogens with one attached hydrogen (secondary N) is 1. The molecule has 2 aromatic carbocycles. The first-order valence-corrected chi connectivity index (χ1v) is 12.6. The van der Waals surface area contributed by atoms with Crippen molar-refractivity contribution in [3.05, 3.63) is 65.5 Å².